The third-order valence-electron chi connectivity index (χ3n) is 16.2. The maximum atomic E-state index is 6.31. The summed E-state index contributed by atoms with van der Waals surface area (Å²) >= 11 is 0. The van der Waals surface area contributed by atoms with E-state index in [1.807, 2.05) is 24.3 Å². The lowest BCUT2D eigenvalue weighted by Crippen LogP contribution is -2.11. The highest BCUT2D eigenvalue weighted by Crippen LogP contribution is 2.48. The number of nitrogens with zero attached hydrogens (tertiary/aromatic N) is 2. The predicted octanol–water partition coefficient (Wildman–Crippen LogP) is 22.0. The van der Waals surface area contributed by atoms with Gasteiger partial charge in [0.05, 0.1) is 11.4 Å². The summed E-state index contributed by atoms with van der Waals surface area (Å²) in [7, 11) is 0. The van der Waals surface area contributed by atoms with E-state index in [-0.39, 0.29) is 0 Å². The van der Waals surface area contributed by atoms with Gasteiger partial charge in [-0.3, -0.25) is 0 Å². The van der Waals surface area contributed by atoms with Gasteiger partial charge in [0.25, 0.3) is 0 Å². The molecule has 0 fully saturated rings. The van der Waals surface area contributed by atoms with Gasteiger partial charge >= 0.3 is 0 Å². The quantitative estimate of drug-likeness (QED) is 0.128. The van der Waals surface area contributed by atoms with Crippen LogP contribution in [-0.4, -0.2) is 0 Å². The second-order valence-corrected chi connectivity index (χ2v) is 20.7. The van der Waals surface area contributed by atoms with Crippen molar-refractivity contribution in [2.45, 2.75) is 0 Å². The van der Waals surface area contributed by atoms with Gasteiger partial charge in [-0.1, -0.05) is 206 Å². The fraction of sp³-hybridized carbons (Fsp3) is 0. The first-order chi connectivity index (χ1) is 39.7. The van der Waals surface area contributed by atoms with Crippen LogP contribution in [0.4, 0.5) is 34.1 Å². The zero-order valence-corrected chi connectivity index (χ0v) is 43.4. The zero-order chi connectivity index (χ0) is 52.7. The van der Waals surface area contributed by atoms with Gasteiger partial charge in [-0.05, 0) is 151 Å². The first-order valence-electron chi connectivity index (χ1n) is 27.3. The Kier molecular flexibility index (Phi) is 10.5. The van der Waals surface area contributed by atoms with E-state index in [0.29, 0.717) is 0 Å². The molecule has 0 saturated carbocycles. The minimum Gasteiger partial charge on any atom is -0.456 e. The monoisotopic (exact) mass is 1020 g/mol. The van der Waals surface area contributed by atoms with E-state index in [1.54, 1.807) is 0 Å². The molecule has 16 aromatic rings. The summed E-state index contributed by atoms with van der Waals surface area (Å²) in [6.45, 7) is 0. The predicted molar refractivity (Wildman–Crippen MR) is 336 cm³/mol. The molecule has 0 aliphatic rings. The molecule has 16 rings (SSSR count). The topological polar surface area (TPSA) is 32.8 Å². The molecular formula is C76H48N2O2. The van der Waals surface area contributed by atoms with Crippen LogP contribution in [0.3, 0.4) is 0 Å². The second kappa shape index (κ2) is 18.5. The smallest absolute Gasteiger partial charge is 0.135 e. The van der Waals surface area contributed by atoms with Crippen LogP contribution in [0.2, 0.25) is 0 Å². The normalized spacial score (nSPS) is 11.8. The highest BCUT2D eigenvalue weighted by Gasteiger charge is 2.23. The molecule has 0 aliphatic carbocycles. The van der Waals surface area contributed by atoms with Crippen molar-refractivity contribution < 1.29 is 8.83 Å². The highest BCUT2D eigenvalue weighted by molar-refractivity contribution is 6.27. The third-order valence-corrected chi connectivity index (χ3v) is 16.2. The molecule has 0 unspecified atom stereocenters. The summed E-state index contributed by atoms with van der Waals surface area (Å²) in [5.41, 5.74) is 19.3. The molecule has 2 heterocycles. The molecule has 0 saturated heterocycles. The number of benzene rings is 14. The van der Waals surface area contributed by atoms with Gasteiger partial charge in [0, 0.05) is 55.4 Å². The summed E-state index contributed by atoms with van der Waals surface area (Å²) in [4.78, 5) is 4.77. The van der Waals surface area contributed by atoms with Crippen molar-refractivity contribution in [1.29, 1.82) is 0 Å². The van der Waals surface area contributed by atoms with Gasteiger partial charge < -0.3 is 18.6 Å². The average Bonchev–Trinajstić information content (AvgIpc) is 4.22. The molecule has 0 N–H and O–H groups in total. The van der Waals surface area contributed by atoms with Crippen LogP contribution in [0.25, 0.3) is 121 Å². The minimum absolute atomic E-state index is 0.874. The fourth-order valence-corrected chi connectivity index (χ4v) is 12.5. The fourth-order valence-electron chi connectivity index (χ4n) is 12.5. The van der Waals surface area contributed by atoms with E-state index in [0.717, 1.165) is 111 Å². The highest BCUT2D eigenvalue weighted by atomic mass is 16.3. The van der Waals surface area contributed by atoms with Crippen molar-refractivity contribution in [1.82, 2.24) is 0 Å². The molecule has 0 atom stereocenters. The summed E-state index contributed by atoms with van der Waals surface area (Å²) in [5, 5.41) is 11.9. The molecule has 0 amide bonds. The van der Waals surface area contributed by atoms with Crippen LogP contribution < -0.4 is 9.80 Å². The Morgan fingerprint density at radius 3 is 1.01 bits per heavy atom. The Bertz CT molecular complexity index is 4680. The van der Waals surface area contributed by atoms with E-state index < -0.39 is 0 Å². The van der Waals surface area contributed by atoms with E-state index >= 15 is 0 Å². The average molecular weight is 1020 g/mol. The molecule has 0 aliphatic heterocycles. The summed E-state index contributed by atoms with van der Waals surface area (Å²) in [6.07, 6.45) is 0. The van der Waals surface area contributed by atoms with Crippen LogP contribution in [0.1, 0.15) is 0 Å². The van der Waals surface area contributed by atoms with Crippen molar-refractivity contribution in [3.05, 3.63) is 291 Å². The van der Waals surface area contributed by atoms with E-state index in [4.69, 9.17) is 8.83 Å². The molecule has 0 radical (unpaired) electrons. The van der Waals surface area contributed by atoms with Crippen LogP contribution in [0.15, 0.2) is 300 Å². The van der Waals surface area contributed by atoms with E-state index in [9.17, 15) is 0 Å². The first-order valence-corrected chi connectivity index (χ1v) is 27.3. The van der Waals surface area contributed by atoms with Gasteiger partial charge in [0.15, 0.2) is 0 Å². The van der Waals surface area contributed by atoms with Gasteiger partial charge in [0.2, 0.25) is 0 Å². The number of hydrogen-bond donors (Lipinski definition) is 0. The van der Waals surface area contributed by atoms with Crippen LogP contribution in [0, 0.1) is 0 Å². The number of fused-ring (bicyclic) bond motifs is 6. The molecule has 14 aromatic carbocycles. The molecule has 374 valence electrons. The van der Waals surface area contributed by atoms with Gasteiger partial charge in [-0.25, -0.2) is 0 Å². The molecular weight excluding hydrogens is 973 g/mol. The Labute approximate surface area is 462 Å². The van der Waals surface area contributed by atoms with Gasteiger partial charge in [-0.15, -0.1) is 0 Å². The largest absolute Gasteiger partial charge is 0.456 e. The van der Waals surface area contributed by atoms with E-state index in [1.165, 1.54) is 43.4 Å². The van der Waals surface area contributed by atoms with Crippen LogP contribution >= 0.6 is 0 Å². The lowest BCUT2D eigenvalue weighted by atomic mass is 9.87. The van der Waals surface area contributed by atoms with Gasteiger partial charge in [0.1, 0.15) is 22.3 Å². The minimum atomic E-state index is 0.874. The van der Waals surface area contributed by atoms with Crippen molar-refractivity contribution in [3.63, 3.8) is 0 Å². The number of anilines is 6. The first kappa shape index (κ1) is 45.5. The van der Waals surface area contributed by atoms with Crippen LogP contribution in [-0.2, 0) is 0 Å². The third kappa shape index (κ3) is 7.45. The standard InChI is InChI=1S/C76H48N2O2/c1-3-15-49(16-4-1)61-19-7-11-23-69(61)77(57-39-45-73-67(47-57)63-21-9-13-25-71(63)79-73)55-35-27-51(28-36-55)59-41-31-53-34-44-66-60(42-32-54-33-43-65(59)75(53)76(54)66)52-29-37-56(38-30-52)78(70-24-12-8-20-62(70)50-17-5-2-6-18-50)58-40-46-74-68(48-58)64-22-10-14-26-72(64)80-74/h1-48H. The molecule has 0 bridgehead atoms. The molecule has 4 heteroatoms. The number of hydrogen-bond acceptors (Lipinski definition) is 4. The van der Waals surface area contributed by atoms with Gasteiger partial charge in [-0.2, -0.15) is 0 Å². The maximum absolute atomic E-state index is 6.31. The van der Waals surface area contributed by atoms with Crippen molar-refractivity contribution in [2.24, 2.45) is 0 Å². The molecule has 80 heavy (non-hydrogen) atoms. The number of furan rings is 2. The van der Waals surface area contributed by atoms with Crippen molar-refractivity contribution >= 4 is 110 Å². The molecule has 0 spiro atoms. The Balaban J connectivity index is 0.792. The Morgan fingerprint density at radius 2 is 0.562 bits per heavy atom. The number of rotatable bonds is 10. The zero-order valence-electron chi connectivity index (χ0n) is 43.4. The second-order valence-electron chi connectivity index (χ2n) is 20.7. The molecule has 4 nitrogen and oxygen atoms in total. The number of para-hydroxylation sites is 4. The SMILES string of the molecule is c1ccc(-c2ccccc2N(c2ccc(-c3ccc4ccc5c(-c6ccc(N(c7ccc8oc9ccccc9c8c7)c7ccccc7-c7ccccc7)cc6)ccc6ccc3c4c65)cc2)c2ccc3oc4ccccc4c3c2)cc1. The summed E-state index contributed by atoms with van der Waals surface area (Å²) < 4.78 is 12.6. The summed E-state index contributed by atoms with van der Waals surface area (Å²) in [5.74, 6) is 0. The van der Waals surface area contributed by atoms with Crippen molar-refractivity contribution in [2.75, 3.05) is 9.80 Å². The Hall–Kier alpha value is -10.7. The lowest BCUT2D eigenvalue weighted by molar-refractivity contribution is 0.668. The summed E-state index contributed by atoms with van der Waals surface area (Å²) in [6, 6.07) is 105. The Morgan fingerprint density at radius 1 is 0.212 bits per heavy atom. The van der Waals surface area contributed by atoms with Crippen LogP contribution in [0.5, 0.6) is 0 Å². The lowest BCUT2D eigenvalue weighted by Gasteiger charge is -2.28. The van der Waals surface area contributed by atoms with E-state index in [2.05, 4.69) is 277 Å². The van der Waals surface area contributed by atoms with Crippen molar-refractivity contribution in [3.8, 4) is 44.5 Å². The maximum Gasteiger partial charge on any atom is 0.135 e. The molecule has 2 aromatic heterocycles.